The summed E-state index contributed by atoms with van der Waals surface area (Å²) in [6.45, 7) is 9.11. The van der Waals surface area contributed by atoms with E-state index in [0.29, 0.717) is 12.5 Å². The third-order valence-corrected chi connectivity index (χ3v) is 3.03. The maximum absolute atomic E-state index is 12.1. The van der Waals surface area contributed by atoms with Gasteiger partial charge in [0.25, 0.3) is 0 Å². The van der Waals surface area contributed by atoms with Crippen LogP contribution in [0.1, 0.15) is 59.8 Å². The fourth-order valence-corrected chi connectivity index (χ4v) is 2.21. The maximum Gasteiger partial charge on any atom is 0.223 e. The largest absolute Gasteiger partial charge is 0.352 e. The predicted molar refractivity (Wildman–Crippen MR) is 73.7 cm³/mol. The van der Waals surface area contributed by atoms with E-state index in [0.717, 1.165) is 32.1 Å². The summed E-state index contributed by atoms with van der Waals surface area (Å²) in [4.78, 5) is 12.1. The highest BCUT2D eigenvalue weighted by atomic mass is 16.1. The van der Waals surface area contributed by atoms with Crippen molar-refractivity contribution in [3.63, 3.8) is 0 Å². The molecule has 102 valence electrons. The number of nitrogens with two attached hydrogens (primary N) is 1. The van der Waals surface area contributed by atoms with Crippen molar-refractivity contribution in [3.05, 3.63) is 0 Å². The molecule has 0 saturated carbocycles. The van der Waals surface area contributed by atoms with Crippen molar-refractivity contribution in [1.82, 2.24) is 5.32 Å². The first-order valence-electron chi connectivity index (χ1n) is 7.05. The van der Waals surface area contributed by atoms with E-state index < -0.39 is 0 Å². The Labute approximate surface area is 107 Å². The number of hydrogen-bond donors (Lipinski definition) is 2. The molecule has 17 heavy (non-hydrogen) atoms. The van der Waals surface area contributed by atoms with E-state index in [1.165, 1.54) is 0 Å². The highest BCUT2D eigenvalue weighted by Gasteiger charge is 2.19. The number of rotatable bonds is 9. The number of carbonyl (C=O) groups is 1. The number of nitrogens with one attached hydrogen (secondary N) is 1. The lowest BCUT2D eigenvalue weighted by Crippen LogP contribution is -2.43. The predicted octanol–water partition coefficient (Wildman–Crippen LogP) is 2.69. The van der Waals surface area contributed by atoms with Crippen molar-refractivity contribution in [3.8, 4) is 0 Å². The van der Waals surface area contributed by atoms with Gasteiger partial charge in [0.05, 0.1) is 0 Å². The van der Waals surface area contributed by atoms with Crippen molar-refractivity contribution in [2.45, 2.75) is 65.8 Å². The minimum absolute atomic E-state index is 0.138. The van der Waals surface area contributed by atoms with Gasteiger partial charge in [-0.05, 0) is 25.2 Å². The molecule has 0 fully saturated rings. The fourth-order valence-electron chi connectivity index (χ4n) is 2.21. The molecule has 0 saturated heterocycles. The molecule has 0 aliphatic carbocycles. The van der Waals surface area contributed by atoms with Crippen molar-refractivity contribution in [2.24, 2.45) is 17.6 Å². The zero-order chi connectivity index (χ0) is 13.3. The molecule has 0 spiro atoms. The van der Waals surface area contributed by atoms with Crippen LogP contribution >= 0.6 is 0 Å². The average Bonchev–Trinajstić information content (AvgIpc) is 2.27. The van der Waals surface area contributed by atoms with Gasteiger partial charge >= 0.3 is 0 Å². The van der Waals surface area contributed by atoms with Gasteiger partial charge in [0.15, 0.2) is 0 Å². The molecule has 0 aromatic rings. The molecular formula is C14H30N2O. The summed E-state index contributed by atoms with van der Waals surface area (Å²) in [5.41, 5.74) is 5.70. The second-order valence-corrected chi connectivity index (χ2v) is 5.35. The summed E-state index contributed by atoms with van der Waals surface area (Å²) in [5, 5.41) is 3.10. The Hall–Kier alpha value is -0.570. The lowest BCUT2D eigenvalue weighted by molar-refractivity contribution is -0.126. The van der Waals surface area contributed by atoms with Gasteiger partial charge < -0.3 is 11.1 Å². The Balaban J connectivity index is 4.24. The van der Waals surface area contributed by atoms with Crippen LogP contribution in [0.3, 0.4) is 0 Å². The summed E-state index contributed by atoms with van der Waals surface area (Å²) < 4.78 is 0. The van der Waals surface area contributed by atoms with Gasteiger partial charge in [0.2, 0.25) is 5.91 Å². The zero-order valence-corrected chi connectivity index (χ0v) is 12.0. The smallest absolute Gasteiger partial charge is 0.223 e. The third kappa shape index (κ3) is 7.37. The van der Waals surface area contributed by atoms with Crippen LogP contribution in [-0.4, -0.2) is 18.5 Å². The van der Waals surface area contributed by atoms with E-state index in [9.17, 15) is 4.79 Å². The molecule has 1 amide bonds. The van der Waals surface area contributed by atoms with Crippen molar-refractivity contribution < 1.29 is 4.79 Å². The topological polar surface area (TPSA) is 55.1 Å². The van der Waals surface area contributed by atoms with Gasteiger partial charge in [-0.2, -0.15) is 0 Å². The molecule has 1 atom stereocenters. The van der Waals surface area contributed by atoms with Gasteiger partial charge in [-0.15, -0.1) is 0 Å². The van der Waals surface area contributed by atoms with Gasteiger partial charge in [0, 0.05) is 18.5 Å². The molecule has 3 nitrogen and oxygen atoms in total. The van der Waals surface area contributed by atoms with E-state index in [4.69, 9.17) is 5.73 Å². The molecule has 0 aliphatic heterocycles. The molecule has 0 bridgehead atoms. The molecule has 0 aromatic heterocycles. The standard InChI is InChI=1S/C14H30N2O/c1-5-7-12(8-6-2)14(17)16-13(10-15)9-11(3)4/h11-13H,5-10,15H2,1-4H3,(H,16,17). The zero-order valence-electron chi connectivity index (χ0n) is 12.0. The minimum Gasteiger partial charge on any atom is -0.352 e. The van der Waals surface area contributed by atoms with Crippen LogP contribution in [0.2, 0.25) is 0 Å². The molecule has 1 unspecified atom stereocenters. The number of amides is 1. The monoisotopic (exact) mass is 242 g/mol. The molecule has 0 radical (unpaired) electrons. The average molecular weight is 242 g/mol. The summed E-state index contributed by atoms with van der Waals surface area (Å²) in [5.74, 6) is 0.940. The molecule has 0 aromatic carbocycles. The number of carbonyl (C=O) groups excluding carboxylic acids is 1. The first-order chi connectivity index (χ1) is 8.04. The molecular weight excluding hydrogens is 212 g/mol. The van der Waals surface area contributed by atoms with Gasteiger partial charge in [-0.3, -0.25) is 4.79 Å². The van der Waals surface area contributed by atoms with E-state index in [-0.39, 0.29) is 17.9 Å². The first-order valence-corrected chi connectivity index (χ1v) is 7.05. The Morgan fingerprint density at radius 1 is 1.18 bits per heavy atom. The minimum atomic E-state index is 0.138. The lowest BCUT2D eigenvalue weighted by Gasteiger charge is -2.22. The fraction of sp³-hybridized carbons (Fsp3) is 0.929. The van der Waals surface area contributed by atoms with Crippen molar-refractivity contribution >= 4 is 5.91 Å². The van der Waals surface area contributed by atoms with Crippen LogP contribution in [0.4, 0.5) is 0 Å². The van der Waals surface area contributed by atoms with Crippen molar-refractivity contribution in [2.75, 3.05) is 6.54 Å². The molecule has 0 aliphatic rings. The van der Waals surface area contributed by atoms with Crippen LogP contribution in [0.5, 0.6) is 0 Å². The summed E-state index contributed by atoms with van der Waals surface area (Å²) in [6, 6.07) is 0.138. The summed E-state index contributed by atoms with van der Waals surface area (Å²) in [6.07, 6.45) is 5.07. The van der Waals surface area contributed by atoms with Crippen LogP contribution < -0.4 is 11.1 Å². The highest BCUT2D eigenvalue weighted by Crippen LogP contribution is 2.14. The van der Waals surface area contributed by atoms with E-state index >= 15 is 0 Å². The van der Waals surface area contributed by atoms with Crippen LogP contribution in [-0.2, 0) is 4.79 Å². The third-order valence-electron chi connectivity index (χ3n) is 3.03. The summed E-state index contributed by atoms with van der Waals surface area (Å²) in [7, 11) is 0. The van der Waals surface area contributed by atoms with Crippen LogP contribution in [0.25, 0.3) is 0 Å². The molecule has 0 heterocycles. The quantitative estimate of drug-likeness (QED) is 0.653. The van der Waals surface area contributed by atoms with E-state index in [1.54, 1.807) is 0 Å². The maximum atomic E-state index is 12.1. The van der Waals surface area contributed by atoms with Gasteiger partial charge in [0.1, 0.15) is 0 Å². The van der Waals surface area contributed by atoms with E-state index in [1.807, 2.05) is 0 Å². The Morgan fingerprint density at radius 3 is 2.06 bits per heavy atom. The van der Waals surface area contributed by atoms with Crippen LogP contribution in [0.15, 0.2) is 0 Å². The van der Waals surface area contributed by atoms with Gasteiger partial charge in [-0.1, -0.05) is 40.5 Å². The summed E-state index contributed by atoms with van der Waals surface area (Å²) >= 11 is 0. The Bertz CT molecular complexity index is 198. The second kappa shape index (κ2) is 9.46. The van der Waals surface area contributed by atoms with Crippen LogP contribution in [0, 0.1) is 11.8 Å². The highest BCUT2D eigenvalue weighted by molar-refractivity contribution is 5.78. The Morgan fingerprint density at radius 2 is 1.71 bits per heavy atom. The first kappa shape index (κ1) is 16.4. The normalized spacial score (nSPS) is 13.1. The lowest BCUT2D eigenvalue weighted by atomic mass is 9.96. The van der Waals surface area contributed by atoms with E-state index in [2.05, 4.69) is 33.0 Å². The molecule has 3 heteroatoms. The SMILES string of the molecule is CCCC(CCC)C(=O)NC(CN)CC(C)C. The molecule has 0 rings (SSSR count). The Kier molecular flexibility index (Phi) is 9.14. The molecule has 3 N–H and O–H groups in total. The number of hydrogen-bond acceptors (Lipinski definition) is 2. The van der Waals surface area contributed by atoms with Crippen molar-refractivity contribution in [1.29, 1.82) is 0 Å². The van der Waals surface area contributed by atoms with Gasteiger partial charge in [-0.25, -0.2) is 0 Å². The second-order valence-electron chi connectivity index (χ2n) is 5.35.